The highest BCUT2D eigenvalue weighted by atomic mass is 15.3. The van der Waals surface area contributed by atoms with Crippen molar-refractivity contribution in [3.63, 3.8) is 0 Å². The molecule has 2 aliphatic heterocycles. The molecule has 1 atom stereocenters. The lowest BCUT2D eigenvalue weighted by Gasteiger charge is -2.34. The van der Waals surface area contributed by atoms with Crippen LogP contribution in [0, 0.1) is 5.92 Å². The lowest BCUT2D eigenvalue weighted by molar-refractivity contribution is 0.311. The molecule has 1 unspecified atom stereocenters. The highest BCUT2D eigenvalue weighted by Crippen LogP contribution is 2.19. The second-order valence-corrected chi connectivity index (χ2v) is 7.05. The Morgan fingerprint density at radius 2 is 2.08 bits per heavy atom. The van der Waals surface area contributed by atoms with E-state index in [9.17, 15) is 0 Å². The van der Waals surface area contributed by atoms with Crippen molar-refractivity contribution < 1.29 is 0 Å². The van der Waals surface area contributed by atoms with Crippen molar-refractivity contribution in [2.75, 3.05) is 56.5 Å². The first kappa shape index (κ1) is 16.4. The van der Waals surface area contributed by atoms with Gasteiger partial charge in [0, 0.05) is 76.1 Å². The number of fused-ring (bicyclic) bond motifs is 1. The predicted molar refractivity (Wildman–Crippen MR) is 99.9 cm³/mol. The van der Waals surface area contributed by atoms with Gasteiger partial charge in [0.05, 0.1) is 6.20 Å². The number of aromatic nitrogens is 3. The molecule has 7 nitrogen and oxygen atoms in total. The fourth-order valence-corrected chi connectivity index (χ4v) is 3.61. The molecule has 0 bridgehead atoms. The minimum atomic E-state index is 0.552. The number of rotatable bonds is 5. The van der Waals surface area contributed by atoms with E-state index in [1.165, 1.54) is 5.56 Å². The van der Waals surface area contributed by atoms with Crippen molar-refractivity contribution in [2.24, 2.45) is 5.92 Å². The van der Waals surface area contributed by atoms with Crippen LogP contribution in [-0.4, -0.2) is 66.0 Å². The molecule has 4 rings (SSSR count). The quantitative estimate of drug-likeness (QED) is 0.841. The van der Waals surface area contributed by atoms with Gasteiger partial charge >= 0.3 is 0 Å². The van der Waals surface area contributed by atoms with Gasteiger partial charge in [-0.15, -0.1) is 0 Å². The first-order chi connectivity index (χ1) is 12.3. The van der Waals surface area contributed by atoms with Gasteiger partial charge in [0.1, 0.15) is 11.6 Å². The number of anilines is 2. The number of nitrogens with zero attached hydrogens (tertiary/aromatic N) is 5. The minimum absolute atomic E-state index is 0.552. The van der Waals surface area contributed by atoms with Crippen molar-refractivity contribution in [1.29, 1.82) is 0 Å². The van der Waals surface area contributed by atoms with Crippen molar-refractivity contribution in [3.05, 3.63) is 36.2 Å². The molecule has 2 aliphatic rings. The van der Waals surface area contributed by atoms with E-state index in [2.05, 4.69) is 48.3 Å². The van der Waals surface area contributed by atoms with E-state index in [0.29, 0.717) is 5.92 Å². The summed E-state index contributed by atoms with van der Waals surface area (Å²) in [5.74, 6) is 2.82. The van der Waals surface area contributed by atoms with E-state index >= 15 is 0 Å². The topological polar surface area (TPSA) is 61.2 Å². The lowest BCUT2D eigenvalue weighted by Crippen LogP contribution is -2.45. The zero-order valence-electron chi connectivity index (χ0n) is 14.9. The Morgan fingerprint density at radius 3 is 2.96 bits per heavy atom. The summed E-state index contributed by atoms with van der Waals surface area (Å²) < 4.78 is 2.05. The fourth-order valence-electron chi connectivity index (χ4n) is 3.61. The van der Waals surface area contributed by atoms with Crippen molar-refractivity contribution in [3.8, 4) is 0 Å². The molecule has 7 heteroatoms. The van der Waals surface area contributed by atoms with Crippen LogP contribution in [0.25, 0.3) is 0 Å². The highest BCUT2D eigenvalue weighted by molar-refractivity contribution is 5.47. The number of piperazine rings is 1. The van der Waals surface area contributed by atoms with Crippen molar-refractivity contribution in [1.82, 2.24) is 25.0 Å². The van der Waals surface area contributed by atoms with Crippen LogP contribution in [0.5, 0.6) is 0 Å². The Labute approximate surface area is 149 Å². The van der Waals surface area contributed by atoms with Gasteiger partial charge in [-0.1, -0.05) is 6.07 Å². The number of hydrogen-bond acceptors (Lipinski definition) is 6. The first-order valence-electron chi connectivity index (χ1n) is 9.13. The summed E-state index contributed by atoms with van der Waals surface area (Å²) in [5, 5.41) is 11.4. The second-order valence-electron chi connectivity index (χ2n) is 7.05. The third-order valence-corrected chi connectivity index (χ3v) is 5.14. The van der Waals surface area contributed by atoms with Crippen LogP contribution in [0.15, 0.2) is 30.6 Å². The lowest BCUT2D eigenvalue weighted by atomic mass is 10.1. The van der Waals surface area contributed by atoms with Gasteiger partial charge in [0.25, 0.3) is 0 Å². The van der Waals surface area contributed by atoms with Gasteiger partial charge in [-0.2, -0.15) is 5.10 Å². The van der Waals surface area contributed by atoms with Gasteiger partial charge in [-0.25, -0.2) is 9.67 Å². The Bertz CT molecular complexity index is 690. The number of nitrogens with one attached hydrogen (secondary N) is 2. The average Bonchev–Trinajstić information content (AvgIpc) is 3.11. The molecule has 2 N–H and O–H groups in total. The molecule has 0 amide bonds. The average molecular weight is 341 g/mol. The number of pyridine rings is 1. The maximum atomic E-state index is 4.66. The Balaban J connectivity index is 1.33. The molecule has 25 heavy (non-hydrogen) atoms. The molecule has 0 spiro atoms. The largest absolute Gasteiger partial charge is 0.370 e. The molecule has 4 heterocycles. The molecular weight excluding hydrogens is 314 g/mol. The molecular formula is C18H27N7. The van der Waals surface area contributed by atoms with Gasteiger partial charge in [0.2, 0.25) is 0 Å². The molecule has 1 fully saturated rings. The Kier molecular flexibility index (Phi) is 4.85. The van der Waals surface area contributed by atoms with E-state index in [1.807, 2.05) is 24.5 Å². The van der Waals surface area contributed by atoms with Crippen LogP contribution >= 0.6 is 0 Å². The van der Waals surface area contributed by atoms with Gasteiger partial charge in [-0.05, 0) is 13.1 Å². The molecule has 1 saturated heterocycles. The second kappa shape index (κ2) is 7.41. The maximum absolute atomic E-state index is 4.66. The zero-order chi connectivity index (χ0) is 17.1. The standard InChI is InChI=1S/C18H27N7/c1-23-7-9-24(10-8-23)18-16(3-2-5-20-18)13-19-11-15-12-21-17-4-6-22-25(17)14-15/h2-6,15,19,21H,7-14H2,1H3. The van der Waals surface area contributed by atoms with Gasteiger partial charge < -0.3 is 20.4 Å². The third-order valence-electron chi connectivity index (χ3n) is 5.14. The third kappa shape index (κ3) is 3.77. The monoisotopic (exact) mass is 341 g/mol. The molecule has 0 aliphatic carbocycles. The van der Waals surface area contributed by atoms with E-state index in [1.54, 1.807) is 0 Å². The molecule has 2 aromatic heterocycles. The van der Waals surface area contributed by atoms with Crippen LogP contribution in [0.4, 0.5) is 11.6 Å². The van der Waals surface area contributed by atoms with Crippen LogP contribution in [0.2, 0.25) is 0 Å². The van der Waals surface area contributed by atoms with E-state index in [0.717, 1.165) is 64.0 Å². The maximum Gasteiger partial charge on any atom is 0.133 e. The smallest absolute Gasteiger partial charge is 0.133 e. The summed E-state index contributed by atoms with van der Waals surface area (Å²) >= 11 is 0. The van der Waals surface area contributed by atoms with E-state index < -0.39 is 0 Å². The van der Waals surface area contributed by atoms with E-state index in [4.69, 9.17) is 0 Å². The van der Waals surface area contributed by atoms with Crippen LogP contribution in [0.1, 0.15) is 5.56 Å². The molecule has 134 valence electrons. The summed E-state index contributed by atoms with van der Waals surface area (Å²) in [6.07, 6.45) is 3.76. The van der Waals surface area contributed by atoms with Crippen molar-refractivity contribution in [2.45, 2.75) is 13.1 Å². The molecule has 2 aromatic rings. The summed E-state index contributed by atoms with van der Waals surface area (Å²) in [7, 11) is 2.18. The summed E-state index contributed by atoms with van der Waals surface area (Å²) in [6, 6.07) is 6.26. The Morgan fingerprint density at radius 1 is 1.20 bits per heavy atom. The number of likely N-dealkylation sites (N-methyl/N-ethyl adjacent to an activating group) is 1. The van der Waals surface area contributed by atoms with Gasteiger partial charge in [0.15, 0.2) is 0 Å². The first-order valence-corrected chi connectivity index (χ1v) is 9.13. The van der Waals surface area contributed by atoms with Crippen LogP contribution in [-0.2, 0) is 13.1 Å². The summed E-state index contributed by atoms with van der Waals surface area (Å²) in [6.45, 7) is 8.11. The zero-order valence-corrected chi connectivity index (χ0v) is 14.9. The highest BCUT2D eigenvalue weighted by Gasteiger charge is 2.20. The summed E-state index contributed by atoms with van der Waals surface area (Å²) in [5.41, 5.74) is 1.29. The summed E-state index contributed by atoms with van der Waals surface area (Å²) in [4.78, 5) is 9.44. The Hall–Kier alpha value is -2.12. The molecule has 0 saturated carbocycles. The van der Waals surface area contributed by atoms with Gasteiger partial charge in [-0.3, -0.25) is 0 Å². The van der Waals surface area contributed by atoms with Crippen LogP contribution in [0.3, 0.4) is 0 Å². The normalized spacial score (nSPS) is 21.0. The fraction of sp³-hybridized carbons (Fsp3) is 0.556. The number of hydrogen-bond donors (Lipinski definition) is 2. The van der Waals surface area contributed by atoms with Crippen LogP contribution < -0.4 is 15.5 Å². The predicted octanol–water partition coefficient (Wildman–Crippen LogP) is 0.861. The SMILES string of the molecule is CN1CCN(c2ncccc2CNCC2CNc3ccnn3C2)CC1. The van der Waals surface area contributed by atoms with Crippen molar-refractivity contribution >= 4 is 11.6 Å². The van der Waals surface area contributed by atoms with E-state index in [-0.39, 0.29) is 0 Å². The minimum Gasteiger partial charge on any atom is -0.370 e. The molecule has 0 aromatic carbocycles. The molecule has 0 radical (unpaired) electrons.